The fraction of sp³-hybridized carbons (Fsp3) is 0.273. The standard InChI is InChI=1S/C11H12FN3O/c1-7(4-11(14)16)15-9-3-2-8(6-13)10(12)5-9/h2-3,5,7,15H,4H2,1H3,(H2,14,16). The minimum Gasteiger partial charge on any atom is -0.382 e. The third-order valence-corrected chi connectivity index (χ3v) is 2.01. The number of nitrogens with zero attached hydrogens (tertiary/aromatic N) is 1. The van der Waals surface area contributed by atoms with Gasteiger partial charge in [0.1, 0.15) is 11.9 Å². The van der Waals surface area contributed by atoms with Crippen LogP contribution in [0.15, 0.2) is 18.2 Å². The van der Waals surface area contributed by atoms with E-state index in [1.165, 1.54) is 12.1 Å². The van der Waals surface area contributed by atoms with E-state index in [-0.39, 0.29) is 18.0 Å². The molecule has 16 heavy (non-hydrogen) atoms. The molecule has 0 radical (unpaired) electrons. The number of nitrogens with two attached hydrogens (primary N) is 1. The van der Waals surface area contributed by atoms with Gasteiger partial charge in [-0.05, 0) is 25.1 Å². The number of nitriles is 1. The first kappa shape index (κ1) is 12.0. The van der Waals surface area contributed by atoms with Gasteiger partial charge in [0.05, 0.1) is 5.56 Å². The fourth-order valence-corrected chi connectivity index (χ4v) is 1.33. The molecule has 0 aliphatic rings. The largest absolute Gasteiger partial charge is 0.382 e. The predicted octanol–water partition coefficient (Wildman–Crippen LogP) is 1.37. The van der Waals surface area contributed by atoms with Crippen LogP contribution in [0.3, 0.4) is 0 Å². The van der Waals surface area contributed by atoms with E-state index in [1.807, 2.05) is 0 Å². The van der Waals surface area contributed by atoms with E-state index >= 15 is 0 Å². The number of carbonyl (C=O) groups is 1. The monoisotopic (exact) mass is 221 g/mol. The molecule has 1 atom stereocenters. The molecule has 0 fully saturated rings. The van der Waals surface area contributed by atoms with Crippen LogP contribution in [-0.2, 0) is 4.79 Å². The molecule has 4 nitrogen and oxygen atoms in total. The molecule has 0 aliphatic heterocycles. The summed E-state index contributed by atoms with van der Waals surface area (Å²) in [5.41, 5.74) is 5.54. The molecule has 1 aromatic carbocycles. The summed E-state index contributed by atoms with van der Waals surface area (Å²) < 4.78 is 13.2. The summed E-state index contributed by atoms with van der Waals surface area (Å²) >= 11 is 0. The van der Waals surface area contributed by atoms with Crippen molar-refractivity contribution in [2.75, 3.05) is 5.32 Å². The lowest BCUT2D eigenvalue weighted by Crippen LogP contribution is -2.24. The van der Waals surface area contributed by atoms with Crippen LogP contribution in [0.4, 0.5) is 10.1 Å². The molecule has 1 unspecified atom stereocenters. The molecule has 0 saturated carbocycles. The highest BCUT2D eigenvalue weighted by molar-refractivity contribution is 5.74. The van der Waals surface area contributed by atoms with Crippen LogP contribution in [0.5, 0.6) is 0 Å². The van der Waals surface area contributed by atoms with Gasteiger partial charge in [-0.15, -0.1) is 0 Å². The van der Waals surface area contributed by atoms with Gasteiger partial charge < -0.3 is 11.1 Å². The van der Waals surface area contributed by atoms with E-state index in [9.17, 15) is 9.18 Å². The number of benzene rings is 1. The minimum absolute atomic E-state index is 0.00638. The molecule has 84 valence electrons. The lowest BCUT2D eigenvalue weighted by molar-refractivity contribution is -0.118. The highest BCUT2D eigenvalue weighted by Gasteiger charge is 2.07. The maximum Gasteiger partial charge on any atom is 0.219 e. The van der Waals surface area contributed by atoms with Crippen molar-refractivity contribution >= 4 is 11.6 Å². The van der Waals surface area contributed by atoms with Crippen LogP contribution in [0.1, 0.15) is 18.9 Å². The molecule has 1 aromatic rings. The average molecular weight is 221 g/mol. The second-order valence-electron chi connectivity index (χ2n) is 3.52. The Kier molecular flexibility index (Phi) is 3.84. The summed E-state index contributed by atoms with van der Waals surface area (Å²) in [6.45, 7) is 1.76. The topological polar surface area (TPSA) is 78.9 Å². The lowest BCUT2D eigenvalue weighted by Gasteiger charge is -2.13. The van der Waals surface area contributed by atoms with Gasteiger partial charge in [-0.2, -0.15) is 5.26 Å². The van der Waals surface area contributed by atoms with Gasteiger partial charge in [-0.3, -0.25) is 4.79 Å². The zero-order valence-electron chi connectivity index (χ0n) is 8.83. The van der Waals surface area contributed by atoms with Crippen molar-refractivity contribution in [2.45, 2.75) is 19.4 Å². The molecule has 0 aliphatic carbocycles. The van der Waals surface area contributed by atoms with Crippen molar-refractivity contribution in [1.82, 2.24) is 0 Å². The number of primary amides is 1. The predicted molar refractivity (Wildman–Crippen MR) is 58.0 cm³/mol. The molecule has 1 rings (SSSR count). The third kappa shape index (κ3) is 3.24. The van der Waals surface area contributed by atoms with Crippen molar-refractivity contribution in [3.8, 4) is 6.07 Å². The first-order valence-electron chi connectivity index (χ1n) is 4.77. The summed E-state index contributed by atoms with van der Waals surface area (Å²) in [4.78, 5) is 10.6. The number of halogens is 1. The molecular formula is C11H12FN3O. The Labute approximate surface area is 92.9 Å². The number of nitrogens with one attached hydrogen (secondary N) is 1. The lowest BCUT2D eigenvalue weighted by atomic mass is 10.1. The van der Waals surface area contributed by atoms with Crippen molar-refractivity contribution in [3.63, 3.8) is 0 Å². The van der Waals surface area contributed by atoms with Gasteiger partial charge in [0, 0.05) is 18.2 Å². The minimum atomic E-state index is -0.584. The molecule has 3 N–H and O–H groups in total. The Morgan fingerprint density at radius 2 is 2.38 bits per heavy atom. The average Bonchev–Trinajstić information content (AvgIpc) is 2.16. The van der Waals surface area contributed by atoms with E-state index in [0.717, 1.165) is 0 Å². The molecule has 0 saturated heterocycles. The zero-order chi connectivity index (χ0) is 12.1. The number of rotatable bonds is 4. The summed E-state index contributed by atoms with van der Waals surface area (Å²) in [5, 5.41) is 11.5. The van der Waals surface area contributed by atoms with E-state index < -0.39 is 11.7 Å². The van der Waals surface area contributed by atoms with Gasteiger partial charge in [0.15, 0.2) is 0 Å². The maximum atomic E-state index is 13.2. The number of hydrogen-bond donors (Lipinski definition) is 2. The van der Waals surface area contributed by atoms with Crippen LogP contribution >= 0.6 is 0 Å². The Bertz CT molecular complexity index is 439. The highest BCUT2D eigenvalue weighted by Crippen LogP contribution is 2.15. The molecular weight excluding hydrogens is 209 g/mol. The van der Waals surface area contributed by atoms with E-state index in [0.29, 0.717) is 5.69 Å². The first-order valence-corrected chi connectivity index (χ1v) is 4.77. The van der Waals surface area contributed by atoms with Gasteiger partial charge in [-0.25, -0.2) is 4.39 Å². The quantitative estimate of drug-likeness (QED) is 0.806. The maximum absolute atomic E-state index is 13.2. The van der Waals surface area contributed by atoms with Gasteiger partial charge in [0.25, 0.3) is 0 Å². The summed E-state index contributed by atoms with van der Waals surface area (Å²) in [6.07, 6.45) is 0.168. The van der Waals surface area contributed by atoms with Crippen molar-refractivity contribution in [2.24, 2.45) is 5.73 Å². The Balaban J connectivity index is 2.72. The van der Waals surface area contributed by atoms with Gasteiger partial charge in [0.2, 0.25) is 5.91 Å². The summed E-state index contributed by atoms with van der Waals surface area (Å²) in [7, 11) is 0. The van der Waals surface area contributed by atoms with E-state index in [2.05, 4.69) is 5.32 Å². The number of amides is 1. The van der Waals surface area contributed by atoms with Crippen LogP contribution in [0.25, 0.3) is 0 Å². The highest BCUT2D eigenvalue weighted by atomic mass is 19.1. The van der Waals surface area contributed by atoms with Gasteiger partial charge in [-0.1, -0.05) is 0 Å². The smallest absolute Gasteiger partial charge is 0.219 e. The molecule has 0 heterocycles. The zero-order valence-corrected chi connectivity index (χ0v) is 8.83. The second-order valence-corrected chi connectivity index (χ2v) is 3.52. The summed E-state index contributed by atoms with van der Waals surface area (Å²) in [6, 6.07) is 5.74. The fourth-order valence-electron chi connectivity index (χ4n) is 1.33. The van der Waals surface area contributed by atoms with Gasteiger partial charge >= 0.3 is 0 Å². The first-order chi connectivity index (χ1) is 7.52. The van der Waals surface area contributed by atoms with E-state index in [4.69, 9.17) is 11.0 Å². The molecule has 0 aromatic heterocycles. The SMILES string of the molecule is CC(CC(N)=O)Nc1ccc(C#N)c(F)c1. The summed E-state index contributed by atoms with van der Waals surface area (Å²) in [5.74, 6) is -1.01. The van der Waals surface area contributed by atoms with Crippen LogP contribution in [0, 0.1) is 17.1 Å². The number of hydrogen-bond acceptors (Lipinski definition) is 3. The molecule has 1 amide bonds. The molecule has 5 heteroatoms. The second kappa shape index (κ2) is 5.12. The Morgan fingerprint density at radius 1 is 1.69 bits per heavy atom. The van der Waals surface area contributed by atoms with Crippen LogP contribution in [0.2, 0.25) is 0 Å². The Morgan fingerprint density at radius 3 is 2.88 bits per heavy atom. The number of carbonyl (C=O) groups excluding carboxylic acids is 1. The third-order valence-electron chi connectivity index (χ3n) is 2.01. The van der Waals surface area contributed by atoms with Crippen molar-refractivity contribution in [3.05, 3.63) is 29.6 Å². The van der Waals surface area contributed by atoms with Crippen LogP contribution in [-0.4, -0.2) is 11.9 Å². The molecule has 0 bridgehead atoms. The molecule has 0 spiro atoms. The Hall–Kier alpha value is -2.09. The van der Waals surface area contributed by atoms with Crippen LogP contribution < -0.4 is 11.1 Å². The van der Waals surface area contributed by atoms with Crippen molar-refractivity contribution in [1.29, 1.82) is 5.26 Å². The van der Waals surface area contributed by atoms with Crippen molar-refractivity contribution < 1.29 is 9.18 Å². The van der Waals surface area contributed by atoms with E-state index in [1.54, 1.807) is 19.1 Å². The normalized spacial score (nSPS) is 11.6. The number of anilines is 1.